The zero-order valence-electron chi connectivity index (χ0n) is 16.6. The molecule has 3 aromatic rings. The zero-order chi connectivity index (χ0) is 24.0. The van der Waals surface area contributed by atoms with Gasteiger partial charge in [-0.3, -0.25) is 5.10 Å². The molecule has 9 nitrogen and oxygen atoms in total. The highest BCUT2D eigenvalue weighted by Gasteiger charge is 2.50. The summed E-state index contributed by atoms with van der Waals surface area (Å²) in [5.74, 6) is -0.682. The van der Waals surface area contributed by atoms with Gasteiger partial charge >= 0.3 is 12.3 Å². The number of nitrogens with zero attached hydrogens (tertiary/aromatic N) is 3. The fraction of sp³-hybridized carbons (Fsp3) is 0.263. The summed E-state index contributed by atoms with van der Waals surface area (Å²) in [6, 6.07) is 4.23. The van der Waals surface area contributed by atoms with Gasteiger partial charge in [-0.05, 0) is 25.1 Å². The van der Waals surface area contributed by atoms with Gasteiger partial charge in [-0.2, -0.15) is 18.3 Å². The number of hydrogen-bond donors (Lipinski definition) is 3. The second-order valence-electron chi connectivity index (χ2n) is 7.33. The molecule has 3 N–H and O–H groups in total. The van der Waals surface area contributed by atoms with E-state index in [-0.39, 0.29) is 27.6 Å². The van der Waals surface area contributed by atoms with Crippen LogP contribution in [0.2, 0.25) is 5.02 Å². The van der Waals surface area contributed by atoms with Crippen LogP contribution in [0.25, 0.3) is 22.7 Å². The van der Waals surface area contributed by atoms with Crippen molar-refractivity contribution in [1.29, 1.82) is 0 Å². The van der Waals surface area contributed by atoms with Crippen molar-refractivity contribution >= 4 is 23.7 Å². The van der Waals surface area contributed by atoms with Crippen LogP contribution in [0.5, 0.6) is 0 Å². The number of nitrogens with one attached hydrogen (secondary N) is 2. The minimum Gasteiger partial charge on any atom is -0.465 e. The molecular formula is C19H14ClF4N5O4. The largest absolute Gasteiger partial charge is 0.465 e. The van der Waals surface area contributed by atoms with Crippen molar-refractivity contribution in [3.8, 4) is 22.7 Å². The number of rotatable bonds is 3. The number of benzene rings is 1. The maximum Gasteiger partial charge on any atom is 0.425 e. The fourth-order valence-electron chi connectivity index (χ4n) is 3.40. The topological polar surface area (TPSA) is 126 Å². The first-order valence-electron chi connectivity index (χ1n) is 9.26. The van der Waals surface area contributed by atoms with Gasteiger partial charge in [-0.15, -0.1) is 0 Å². The van der Waals surface area contributed by atoms with Crippen LogP contribution in [0.15, 0.2) is 40.0 Å². The first-order valence-corrected chi connectivity index (χ1v) is 9.64. The van der Waals surface area contributed by atoms with Crippen molar-refractivity contribution in [3.05, 3.63) is 46.9 Å². The minimum atomic E-state index is -4.85. The van der Waals surface area contributed by atoms with Crippen molar-refractivity contribution in [1.82, 2.24) is 20.7 Å². The van der Waals surface area contributed by atoms with E-state index in [0.717, 1.165) is 6.07 Å². The standard InChI is InChI=1S/C19H14ClF4N5O4/c1-18(6-14(19(22,23)24)32-16(27-18)26-17(30)31)9-4-8(2-3-11(9)21)13-5-12(29-33-13)15-10(20)7-25-28-15/h2-5,7,14H,6H2,1H3,(H,25,28)(H,26,27)(H,30,31)/t14-,18-/m0/s1. The van der Waals surface area contributed by atoms with E-state index in [2.05, 4.69) is 25.1 Å². The van der Waals surface area contributed by atoms with Gasteiger partial charge in [0.15, 0.2) is 11.9 Å². The number of H-pyrrole nitrogens is 1. The van der Waals surface area contributed by atoms with Gasteiger partial charge in [0.25, 0.3) is 6.02 Å². The number of aromatic nitrogens is 3. The molecule has 0 saturated heterocycles. The summed E-state index contributed by atoms with van der Waals surface area (Å²) in [6.45, 7) is 1.25. The van der Waals surface area contributed by atoms with Crippen LogP contribution < -0.4 is 5.32 Å². The molecule has 0 aliphatic carbocycles. The average molecular weight is 488 g/mol. The van der Waals surface area contributed by atoms with Gasteiger partial charge in [0.1, 0.15) is 17.2 Å². The molecule has 1 aliphatic rings. The molecule has 1 aromatic carbocycles. The Bertz CT molecular complexity index is 1240. The Morgan fingerprint density at radius 1 is 1.36 bits per heavy atom. The monoisotopic (exact) mass is 487 g/mol. The Morgan fingerprint density at radius 2 is 2.12 bits per heavy atom. The van der Waals surface area contributed by atoms with Crippen LogP contribution in [-0.2, 0) is 10.3 Å². The third kappa shape index (κ3) is 4.49. The first-order chi connectivity index (χ1) is 15.5. The number of hydrogen-bond acceptors (Lipinski definition) is 6. The number of aromatic amines is 1. The van der Waals surface area contributed by atoms with E-state index >= 15 is 0 Å². The number of alkyl halides is 3. The lowest BCUT2D eigenvalue weighted by molar-refractivity contribution is -0.208. The molecule has 0 fully saturated rings. The molecule has 2 aromatic heterocycles. The molecule has 0 saturated carbocycles. The highest BCUT2D eigenvalue weighted by atomic mass is 35.5. The fourth-order valence-corrected chi connectivity index (χ4v) is 3.59. The lowest BCUT2D eigenvalue weighted by atomic mass is 9.84. The van der Waals surface area contributed by atoms with E-state index in [1.165, 1.54) is 31.3 Å². The van der Waals surface area contributed by atoms with Crippen molar-refractivity contribution in [2.24, 2.45) is 4.99 Å². The van der Waals surface area contributed by atoms with E-state index < -0.39 is 42.2 Å². The molecule has 2 atom stereocenters. The van der Waals surface area contributed by atoms with E-state index in [4.69, 9.17) is 21.2 Å². The molecule has 0 radical (unpaired) electrons. The van der Waals surface area contributed by atoms with Crippen LogP contribution in [0.1, 0.15) is 18.9 Å². The van der Waals surface area contributed by atoms with Crippen molar-refractivity contribution in [3.63, 3.8) is 0 Å². The predicted molar refractivity (Wildman–Crippen MR) is 106 cm³/mol. The van der Waals surface area contributed by atoms with Crippen LogP contribution in [0, 0.1) is 5.82 Å². The summed E-state index contributed by atoms with van der Waals surface area (Å²) in [7, 11) is 0. The predicted octanol–water partition coefficient (Wildman–Crippen LogP) is 4.71. The van der Waals surface area contributed by atoms with Gasteiger partial charge in [0.05, 0.1) is 10.6 Å². The average Bonchev–Trinajstić information content (AvgIpc) is 3.35. The Kier molecular flexibility index (Phi) is 5.52. The highest BCUT2D eigenvalue weighted by Crippen LogP contribution is 2.42. The molecule has 0 spiro atoms. The quantitative estimate of drug-likeness (QED) is 0.459. The summed E-state index contributed by atoms with van der Waals surface area (Å²) in [4.78, 5) is 14.9. The number of amidine groups is 1. The van der Waals surface area contributed by atoms with Crippen LogP contribution in [0.3, 0.4) is 0 Å². The van der Waals surface area contributed by atoms with Gasteiger partial charge in [-0.25, -0.2) is 19.5 Å². The van der Waals surface area contributed by atoms with Crippen LogP contribution in [0.4, 0.5) is 22.4 Å². The smallest absolute Gasteiger partial charge is 0.425 e. The van der Waals surface area contributed by atoms with Crippen molar-refractivity contribution in [2.45, 2.75) is 31.2 Å². The van der Waals surface area contributed by atoms with Crippen molar-refractivity contribution < 1.29 is 36.7 Å². The Hall–Kier alpha value is -3.61. The molecule has 1 amide bonds. The molecule has 0 bridgehead atoms. The second-order valence-corrected chi connectivity index (χ2v) is 7.73. The van der Waals surface area contributed by atoms with E-state index in [9.17, 15) is 22.4 Å². The van der Waals surface area contributed by atoms with Gasteiger partial charge in [0.2, 0.25) is 0 Å². The SMILES string of the molecule is C[C@@]1(c2cc(-c3cc(-c4n[nH]cc4Cl)no3)ccc2F)C[C@@H](C(F)(F)F)OC(NC(=O)O)=N1. The summed E-state index contributed by atoms with van der Waals surface area (Å²) in [6.07, 6.45) is -8.29. The second kappa shape index (κ2) is 8.06. The molecule has 4 rings (SSSR count). The summed E-state index contributed by atoms with van der Waals surface area (Å²) < 4.78 is 65.0. The number of halogens is 5. The Labute approximate surface area is 187 Å². The van der Waals surface area contributed by atoms with Gasteiger partial charge in [0, 0.05) is 29.8 Å². The lowest BCUT2D eigenvalue weighted by Crippen LogP contribution is -2.48. The molecule has 0 unspecified atom stereocenters. The summed E-state index contributed by atoms with van der Waals surface area (Å²) in [5.41, 5.74) is -1.16. The van der Waals surface area contributed by atoms with Crippen LogP contribution in [-0.4, -0.2) is 44.9 Å². The van der Waals surface area contributed by atoms with Gasteiger partial charge in [-0.1, -0.05) is 16.8 Å². The molecule has 33 heavy (non-hydrogen) atoms. The molecular weight excluding hydrogens is 474 g/mol. The summed E-state index contributed by atoms with van der Waals surface area (Å²) in [5, 5.41) is 21.2. The highest BCUT2D eigenvalue weighted by molar-refractivity contribution is 6.32. The number of carboxylic acid groups (broad SMARTS) is 1. The number of ether oxygens (including phenoxy) is 1. The molecule has 1 aliphatic heterocycles. The number of carbonyl (C=O) groups is 1. The molecule has 174 valence electrons. The maximum atomic E-state index is 14.8. The van der Waals surface area contributed by atoms with E-state index in [1.54, 1.807) is 5.32 Å². The minimum absolute atomic E-state index is 0.168. The number of amides is 1. The maximum absolute atomic E-state index is 14.8. The molecule has 3 heterocycles. The third-order valence-corrected chi connectivity index (χ3v) is 5.23. The van der Waals surface area contributed by atoms with Gasteiger partial charge < -0.3 is 14.4 Å². The summed E-state index contributed by atoms with van der Waals surface area (Å²) >= 11 is 6.00. The molecule has 14 heteroatoms. The lowest BCUT2D eigenvalue weighted by Gasteiger charge is -2.36. The normalized spacial score (nSPS) is 20.8. The van der Waals surface area contributed by atoms with Crippen LogP contribution >= 0.6 is 11.6 Å². The Morgan fingerprint density at radius 3 is 2.76 bits per heavy atom. The van der Waals surface area contributed by atoms with Crippen molar-refractivity contribution in [2.75, 3.05) is 0 Å². The van der Waals surface area contributed by atoms with E-state index in [1.807, 2.05) is 0 Å². The third-order valence-electron chi connectivity index (χ3n) is 4.94. The first kappa shape index (κ1) is 22.6. The number of aliphatic imine (C=N–C) groups is 1. The zero-order valence-corrected chi connectivity index (χ0v) is 17.3. The van der Waals surface area contributed by atoms with E-state index in [0.29, 0.717) is 5.69 Å². The Balaban J connectivity index is 1.75.